The zero-order chi connectivity index (χ0) is 13.8. The minimum atomic E-state index is -2.45. The van der Waals surface area contributed by atoms with Gasteiger partial charge in [-0.2, -0.15) is 0 Å². The van der Waals surface area contributed by atoms with Gasteiger partial charge < -0.3 is 14.8 Å². The second kappa shape index (κ2) is 6.14. The molecule has 0 bridgehead atoms. The average molecular weight is 271 g/mol. The lowest BCUT2D eigenvalue weighted by atomic mass is 10.1. The van der Waals surface area contributed by atoms with E-state index in [4.69, 9.17) is 0 Å². The van der Waals surface area contributed by atoms with Gasteiger partial charge in [0.05, 0.1) is 6.54 Å². The first-order valence-electron chi connectivity index (χ1n) is 6.49. The molecule has 4 nitrogen and oxygen atoms in total. The number of hydrogen-bond donors (Lipinski definition) is 1. The molecule has 1 aromatic heterocycles. The maximum Gasteiger partial charge on any atom is 0.270 e. The Morgan fingerprint density at radius 3 is 3.05 bits per heavy atom. The number of carbonyl (C=O) groups excluding carboxylic acids is 1. The van der Waals surface area contributed by atoms with Crippen molar-refractivity contribution in [2.45, 2.75) is 19.4 Å². The maximum absolute atomic E-state index is 12.4. The van der Waals surface area contributed by atoms with Gasteiger partial charge in [0.2, 0.25) is 0 Å². The molecule has 1 aromatic rings. The van der Waals surface area contributed by atoms with Gasteiger partial charge in [0.1, 0.15) is 5.69 Å². The Morgan fingerprint density at radius 2 is 2.37 bits per heavy atom. The van der Waals surface area contributed by atoms with E-state index in [9.17, 15) is 13.6 Å². The van der Waals surface area contributed by atoms with Crippen LogP contribution in [-0.4, -0.2) is 48.5 Å². The van der Waals surface area contributed by atoms with Gasteiger partial charge in [-0.15, -0.1) is 0 Å². The monoisotopic (exact) mass is 271 g/mol. The lowest BCUT2D eigenvalue weighted by molar-refractivity contribution is 0.0766. The van der Waals surface area contributed by atoms with Crippen LogP contribution in [-0.2, 0) is 6.54 Å². The van der Waals surface area contributed by atoms with E-state index >= 15 is 0 Å². The first kappa shape index (κ1) is 14.0. The second-order valence-corrected chi connectivity index (χ2v) is 4.90. The van der Waals surface area contributed by atoms with Crippen molar-refractivity contribution in [2.75, 3.05) is 26.7 Å². The van der Waals surface area contributed by atoms with Crippen molar-refractivity contribution >= 4 is 5.91 Å². The third-order valence-corrected chi connectivity index (χ3v) is 3.45. The molecule has 6 heteroatoms. The highest BCUT2D eigenvalue weighted by Crippen LogP contribution is 2.19. The minimum absolute atomic E-state index is 0.149. The Morgan fingerprint density at radius 1 is 1.58 bits per heavy atom. The van der Waals surface area contributed by atoms with Crippen LogP contribution in [0.5, 0.6) is 0 Å². The molecule has 1 fully saturated rings. The summed E-state index contributed by atoms with van der Waals surface area (Å²) in [5, 5.41) is 3.10. The first-order chi connectivity index (χ1) is 9.11. The van der Waals surface area contributed by atoms with E-state index in [2.05, 4.69) is 5.32 Å². The number of nitrogens with one attached hydrogen (secondary N) is 1. The summed E-state index contributed by atoms with van der Waals surface area (Å²) < 4.78 is 26.2. The van der Waals surface area contributed by atoms with Crippen LogP contribution in [0, 0.1) is 5.92 Å². The van der Waals surface area contributed by atoms with E-state index in [0.29, 0.717) is 24.7 Å². The van der Waals surface area contributed by atoms with Gasteiger partial charge in [0.15, 0.2) is 0 Å². The third kappa shape index (κ3) is 3.32. The number of rotatable bonds is 5. The highest BCUT2D eigenvalue weighted by atomic mass is 19.3. The van der Waals surface area contributed by atoms with E-state index in [-0.39, 0.29) is 5.91 Å². The number of aromatic nitrogens is 1. The Balaban J connectivity index is 2.02. The molecule has 19 heavy (non-hydrogen) atoms. The molecule has 2 heterocycles. The number of halogens is 2. The number of amides is 1. The zero-order valence-electron chi connectivity index (χ0n) is 11.0. The smallest absolute Gasteiger partial charge is 0.270 e. The largest absolute Gasteiger partial charge is 0.338 e. The van der Waals surface area contributed by atoms with Crippen molar-refractivity contribution in [2.24, 2.45) is 5.92 Å². The Hall–Kier alpha value is -1.43. The van der Waals surface area contributed by atoms with Crippen molar-refractivity contribution in [3.8, 4) is 0 Å². The minimum Gasteiger partial charge on any atom is -0.338 e. The van der Waals surface area contributed by atoms with Gasteiger partial charge in [0.25, 0.3) is 12.3 Å². The van der Waals surface area contributed by atoms with Crippen LogP contribution in [0.2, 0.25) is 0 Å². The number of carbonyl (C=O) groups is 1. The van der Waals surface area contributed by atoms with Crippen molar-refractivity contribution in [3.63, 3.8) is 0 Å². The summed E-state index contributed by atoms with van der Waals surface area (Å²) in [6.45, 7) is 1.84. The molecular weight excluding hydrogens is 252 g/mol. The summed E-state index contributed by atoms with van der Waals surface area (Å²) in [6, 6.07) is 3.24. The Kier molecular flexibility index (Phi) is 4.52. The molecule has 1 aliphatic rings. The van der Waals surface area contributed by atoms with Gasteiger partial charge in [-0.3, -0.25) is 4.79 Å². The van der Waals surface area contributed by atoms with E-state index in [1.807, 2.05) is 7.05 Å². The van der Waals surface area contributed by atoms with Crippen LogP contribution in [0.25, 0.3) is 0 Å². The highest BCUT2D eigenvalue weighted by Gasteiger charge is 2.28. The van der Waals surface area contributed by atoms with E-state index in [0.717, 1.165) is 13.0 Å². The van der Waals surface area contributed by atoms with Gasteiger partial charge in [-0.25, -0.2) is 8.78 Å². The number of hydrogen-bond acceptors (Lipinski definition) is 2. The van der Waals surface area contributed by atoms with Crippen LogP contribution in [0.1, 0.15) is 16.9 Å². The molecule has 1 saturated heterocycles. The predicted molar refractivity (Wildman–Crippen MR) is 68.4 cm³/mol. The van der Waals surface area contributed by atoms with Crippen LogP contribution in [0.15, 0.2) is 18.3 Å². The molecular formula is C13H19F2N3O. The van der Waals surface area contributed by atoms with E-state index < -0.39 is 13.0 Å². The summed E-state index contributed by atoms with van der Waals surface area (Å²) in [5.41, 5.74) is 0.352. The van der Waals surface area contributed by atoms with Crippen LogP contribution >= 0.6 is 0 Å². The lowest BCUT2D eigenvalue weighted by Crippen LogP contribution is -2.32. The zero-order valence-corrected chi connectivity index (χ0v) is 11.0. The third-order valence-electron chi connectivity index (χ3n) is 3.45. The normalized spacial score (nSPS) is 19.4. The maximum atomic E-state index is 12.4. The summed E-state index contributed by atoms with van der Waals surface area (Å²) in [5.74, 6) is 0.303. The first-order valence-corrected chi connectivity index (χ1v) is 6.49. The fourth-order valence-electron chi connectivity index (χ4n) is 2.55. The quantitative estimate of drug-likeness (QED) is 0.880. The van der Waals surface area contributed by atoms with Crippen LogP contribution in [0.3, 0.4) is 0 Å². The Bertz CT molecular complexity index is 433. The fraction of sp³-hybridized carbons (Fsp3) is 0.615. The average Bonchev–Trinajstić information content (AvgIpc) is 2.97. The summed E-state index contributed by atoms with van der Waals surface area (Å²) in [7, 11) is 1.89. The van der Waals surface area contributed by atoms with Crippen molar-refractivity contribution in [1.82, 2.24) is 14.8 Å². The van der Waals surface area contributed by atoms with E-state index in [1.165, 1.54) is 10.8 Å². The molecule has 1 unspecified atom stereocenters. The van der Waals surface area contributed by atoms with Gasteiger partial charge in [-0.05, 0) is 38.1 Å². The molecule has 0 radical (unpaired) electrons. The van der Waals surface area contributed by atoms with Gasteiger partial charge in [0, 0.05) is 19.3 Å². The summed E-state index contributed by atoms with van der Waals surface area (Å²) >= 11 is 0. The molecule has 1 N–H and O–H groups in total. The molecule has 0 aromatic carbocycles. The topological polar surface area (TPSA) is 37.3 Å². The predicted octanol–water partition coefficient (Wildman–Crippen LogP) is 1.43. The Labute approximate surface area is 111 Å². The number of nitrogens with zero attached hydrogens (tertiary/aromatic N) is 2. The fourth-order valence-corrected chi connectivity index (χ4v) is 2.55. The van der Waals surface area contributed by atoms with Gasteiger partial charge in [-0.1, -0.05) is 0 Å². The van der Waals surface area contributed by atoms with Crippen molar-refractivity contribution < 1.29 is 13.6 Å². The standard InChI is InChI=1S/C13H19F2N3O/c1-16-7-10-4-6-18(8-10)13(19)11-3-2-5-17(11)9-12(14)15/h2-3,5,10,12,16H,4,6-9H2,1H3. The van der Waals surface area contributed by atoms with Crippen LogP contribution < -0.4 is 5.32 Å². The van der Waals surface area contributed by atoms with E-state index in [1.54, 1.807) is 17.0 Å². The summed E-state index contributed by atoms with van der Waals surface area (Å²) in [4.78, 5) is 14.0. The van der Waals surface area contributed by atoms with Gasteiger partial charge >= 0.3 is 0 Å². The lowest BCUT2D eigenvalue weighted by Gasteiger charge is -2.18. The molecule has 106 valence electrons. The summed E-state index contributed by atoms with van der Waals surface area (Å²) in [6.07, 6.45) is 0.0393. The SMILES string of the molecule is CNCC1CCN(C(=O)c2cccn2CC(F)F)C1. The molecule has 1 aliphatic heterocycles. The van der Waals surface area contributed by atoms with Crippen LogP contribution in [0.4, 0.5) is 8.78 Å². The van der Waals surface area contributed by atoms with Crippen molar-refractivity contribution in [3.05, 3.63) is 24.0 Å². The molecule has 2 rings (SSSR count). The molecule has 0 spiro atoms. The molecule has 0 saturated carbocycles. The molecule has 0 aliphatic carbocycles. The second-order valence-electron chi connectivity index (χ2n) is 4.90. The molecule has 1 amide bonds. The van der Waals surface area contributed by atoms with Crippen molar-refractivity contribution in [1.29, 1.82) is 0 Å². The highest BCUT2D eigenvalue weighted by molar-refractivity contribution is 5.93. The number of likely N-dealkylation sites (tertiary alicyclic amines) is 1. The molecule has 1 atom stereocenters. The number of alkyl halides is 2.